The molecular formula is C12H21NO2. The van der Waals surface area contributed by atoms with Gasteiger partial charge in [0.2, 0.25) is 0 Å². The van der Waals surface area contributed by atoms with E-state index in [1.807, 2.05) is 6.07 Å². The van der Waals surface area contributed by atoms with E-state index in [1.165, 1.54) is 24.8 Å². The third-order valence-corrected chi connectivity index (χ3v) is 2.22. The summed E-state index contributed by atoms with van der Waals surface area (Å²) in [5, 5.41) is 3.29. The van der Waals surface area contributed by atoms with Gasteiger partial charge in [-0.15, -0.1) is 0 Å². The monoisotopic (exact) mass is 211 g/mol. The van der Waals surface area contributed by atoms with Gasteiger partial charge in [0.15, 0.2) is 0 Å². The Kier molecular flexibility index (Phi) is 6.96. The van der Waals surface area contributed by atoms with Gasteiger partial charge in [0, 0.05) is 25.3 Å². The molecular weight excluding hydrogens is 190 g/mol. The Morgan fingerprint density at radius 2 is 2.27 bits per heavy atom. The summed E-state index contributed by atoms with van der Waals surface area (Å²) in [6, 6.07) is 1.97. The minimum Gasteiger partial charge on any atom is -0.472 e. The zero-order valence-electron chi connectivity index (χ0n) is 9.50. The highest BCUT2D eigenvalue weighted by Crippen LogP contribution is 1.98. The number of rotatable bonds is 9. The smallest absolute Gasteiger partial charge is 0.0947 e. The predicted molar refractivity (Wildman–Crippen MR) is 60.8 cm³/mol. The van der Waals surface area contributed by atoms with Crippen LogP contribution in [0.5, 0.6) is 0 Å². The van der Waals surface area contributed by atoms with Crippen molar-refractivity contribution in [1.82, 2.24) is 5.32 Å². The van der Waals surface area contributed by atoms with Gasteiger partial charge in [-0.3, -0.25) is 0 Å². The Labute approximate surface area is 91.8 Å². The molecule has 0 aliphatic rings. The summed E-state index contributed by atoms with van der Waals surface area (Å²) >= 11 is 0. The molecule has 1 aromatic rings. The van der Waals surface area contributed by atoms with Crippen LogP contribution in [0.15, 0.2) is 23.0 Å². The van der Waals surface area contributed by atoms with Crippen LogP contribution >= 0.6 is 0 Å². The molecule has 86 valence electrons. The molecule has 0 aliphatic carbocycles. The number of furan rings is 1. The Bertz CT molecular complexity index is 222. The third kappa shape index (κ3) is 6.31. The molecule has 0 aromatic carbocycles. The normalized spacial score (nSPS) is 10.7. The molecule has 1 rings (SSSR count). The Morgan fingerprint density at radius 3 is 3.00 bits per heavy atom. The predicted octanol–water partition coefficient (Wildman–Crippen LogP) is 2.58. The molecule has 1 aromatic heterocycles. The first-order valence-electron chi connectivity index (χ1n) is 5.73. The van der Waals surface area contributed by atoms with E-state index in [0.29, 0.717) is 0 Å². The van der Waals surface area contributed by atoms with E-state index in [-0.39, 0.29) is 0 Å². The maximum absolute atomic E-state index is 5.47. The van der Waals surface area contributed by atoms with Crippen LogP contribution in [0.25, 0.3) is 0 Å². The van der Waals surface area contributed by atoms with Crippen LogP contribution in [0.4, 0.5) is 0 Å². The van der Waals surface area contributed by atoms with Crippen molar-refractivity contribution >= 4 is 0 Å². The molecule has 1 heterocycles. The van der Waals surface area contributed by atoms with Crippen LogP contribution in [-0.4, -0.2) is 19.8 Å². The molecule has 0 unspecified atom stereocenters. The van der Waals surface area contributed by atoms with Crippen molar-refractivity contribution in [2.75, 3.05) is 19.8 Å². The molecule has 3 nitrogen and oxygen atoms in total. The second kappa shape index (κ2) is 8.50. The number of hydrogen-bond acceptors (Lipinski definition) is 3. The molecule has 3 heteroatoms. The summed E-state index contributed by atoms with van der Waals surface area (Å²) in [6.45, 7) is 5.64. The Morgan fingerprint density at radius 1 is 1.33 bits per heavy atom. The van der Waals surface area contributed by atoms with Crippen LogP contribution in [0.3, 0.4) is 0 Å². The maximum Gasteiger partial charge on any atom is 0.0947 e. The third-order valence-electron chi connectivity index (χ3n) is 2.22. The van der Waals surface area contributed by atoms with E-state index in [1.54, 1.807) is 12.5 Å². The van der Waals surface area contributed by atoms with Gasteiger partial charge in [0.25, 0.3) is 0 Å². The van der Waals surface area contributed by atoms with Crippen LogP contribution in [0, 0.1) is 0 Å². The van der Waals surface area contributed by atoms with Crippen LogP contribution in [-0.2, 0) is 11.3 Å². The lowest BCUT2D eigenvalue weighted by atomic mass is 10.3. The first kappa shape index (κ1) is 12.3. The lowest BCUT2D eigenvalue weighted by molar-refractivity contribution is 0.132. The number of ether oxygens (including phenoxy) is 1. The van der Waals surface area contributed by atoms with E-state index >= 15 is 0 Å². The van der Waals surface area contributed by atoms with Gasteiger partial charge < -0.3 is 14.5 Å². The van der Waals surface area contributed by atoms with E-state index in [9.17, 15) is 0 Å². The van der Waals surface area contributed by atoms with Gasteiger partial charge in [-0.1, -0.05) is 19.8 Å². The summed E-state index contributed by atoms with van der Waals surface area (Å²) < 4.78 is 10.4. The molecule has 0 radical (unpaired) electrons. The van der Waals surface area contributed by atoms with E-state index in [4.69, 9.17) is 9.15 Å². The molecule has 1 N–H and O–H groups in total. The second-order valence-corrected chi connectivity index (χ2v) is 3.63. The number of unbranched alkanes of at least 4 members (excludes halogenated alkanes) is 2. The first-order valence-corrected chi connectivity index (χ1v) is 5.73. The van der Waals surface area contributed by atoms with Gasteiger partial charge in [0.1, 0.15) is 0 Å². The highest BCUT2D eigenvalue weighted by atomic mass is 16.5. The molecule has 0 amide bonds. The van der Waals surface area contributed by atoms with E-state index < -0.39 is 0 Å². The van der Waals surface area contributed by atoms with E-state index in [0.717, 1.165) is 26.3 Å². The molecule has 0 fully saturated rings. The Hall–Kier alpha value is -0.800. The summed E-state index contributed by atoms with van der Waals surface area (Å²) in [7, 11) is 0. The van der Waals surface area contributed by atoms with Crippen molar-refractivity contribution in [3.8, 4) is 0 Å². The molecule has 0 saturated heterocycles. The van der Waals surface area contributed by atoms with Crippen molar-refractivity contribution < 1.29 is 9.15 Å². The van der Waals surface area contributed by atoms with Crippen LogP contribution in [0.2, 0.25) is 0 Å². The minimum absolute atomic E-state index is 0.793. The first-order chi connectivity index (χ1) is 7.43. The average Bonchev–Trinajstić information content (AvgIpc) is 2.75. The van der Waals surface area contributed by atoms with Crippen molar-refractivity contribution in [2.24, 2.45) is 0 Å². The highest BCUT2D eigenvalue weighted by molar-refractivity contribution is 5.04. The summed E-state index contributed by atoms with van der Waals surface area (Å²) in [5.41, 5.74) is 1.18. The molecule has 0 atom stereocenters. The number of hydrogen-bond donors (Lipinski definition) is 1. The quantitative estimate of drug-likeness (QED) is 0.637. The average molecular weight is 211 g/mol. The second-order valence-electron chi connectivity index (χ2n) is 3.63. The van der Waals surface area contributed by atoms with Crippen LogP contribution in [0.1, 0.15) is 31.7 Å². The topological polar surface area (TPSA) is 34.4 Å². The SMILES string of the molecule is CCCCCOCCNCc1ccoc1. The fourth-order valence-corrected chi connectivity index (χ4v) is 1.33. The highest BCUT2D eigenvalue weighted by Gasteiger charge is 1.93. The molecule has 0 spiro atoms. The largest absolute Gasteiger partial charge is 0.472 e. The fourth-order valence-electron chi connectivity index (χ4n) is 1.33. The summed E-state index contributed by atoms with van der Waals surface area (Å²) in [5.74, 6) is 0. The van der Waals surface area contributed by atoms with Gasteiger partial charge >= 0.3 is 0 Å². The summed E-state index contributed by atoms with van der Waals surface area (Å²) in [4.78, 5) is 0. The molecule has 15 heavy (non-hydrogen) atoms. The van der Waals surface area contributed by atoms with Crippen molar-refractivity contribution in [3.63, 3.8) is 0 Å². The zero-order chi connectivity index (χ0) is 10.8. The lowest BCUT2D eigenvalue weighted by Crippen LogP contribution is -2.19. The number of nitrogens with one attached hydrogen (secondary N) is 1. The van der Waals surface area contributed by atoms with E-state index in [2.05, 4.69) is 12.2 Å². The zero-order valence-corrected chi connectivity index (χ0v) is 9.50. The molecule has 0 saturated carbocycles. The van der Waals surface area contributed by atoms with Gasteiger partial charge in [-0.2, -0.15) is 0 Å². The van der Waals surface area contributed by atoms with Crippen molar-refractivity contribution in [2.45, 2.75) is 32.7 Å². The maximum atomic E-state index is 5.47. The van der Waals surface area contributed by atoms with Gasteiger partial charge in [-0.25, -0.2) is 0 Å². The fraction of sp³-hybridized carbons (Fsp3) is 0.667. The Balaban J connectivity index is 1.81. The molecule has 0 bridgehead atoms. The standard InChI is InChI=1S/C12H21NO2/c1-2-3-4-7-14-9-6-13-10-12-5-8-15-11-12/h5,8,11,13H,2-4,6-7,9-10H2,1H3. The van der Waals surface area contributed by atoms with Crippen LogP contribution < -0.4 is 5.32 Å². The summed E-state index contributed by atoms with van der Waals surface area (Å²) in [6.07, 6.45) is 7.15. The lowest BCUT2D eigenvalue weighted by Gasteiger charge is -2.04. The molecule has 0 aliphatic heterocycles. The van der Waals surface area contributed by atoms with Crippen molar-refractivity contribution in [1.29, 1.82) is 0 Å². The minimum atomic E-state index is 0.793. The van der Waals surface area contributed by atoms with Crippen molar-refractivity contribution in [3.05, 3.63) is 24.2 Å². The van der Waals surface area contributed by atoms with Gasteiger partial charge in [-0.05, 0) is 12.5 Å². The van der Waals surface area contributed by atoms with Gasteiger partial charge in [0.05, 0.1) is 19.1 Å².